The molecule has 0 saturated heterocycles. The number of amidine groups is 1. The molecule has 0 radical (unpaired) electrons. The molecule has 0 N–H and O–H groups in total. The van der Waals surface area contributed by atoms with Gasteiger partial charge in [-0.1, -0.05) is 6.07 Å². The molecule has 0 fully saturated rings. The van der Waals surface area contributed by atoms with Gasteiger partial charge in [0.15, 0.2) is 18.3 Å². The van der Waals surface area contributed by atoms with Crippen molar-refractivity contribution in [3.05, 3.63) is 22.4 Å². The number of aldehydes is 1. The van der Waals surface area contributed by atoms with Crippen molar-refractivity contribution in [2.45, 2.75) is 6.17 Å². The van der Waals surface area contributed by atoms with Gasteiger partial charge in [-0.15, -0.1) is 16.4 Å². The Morgan fingerprint density at radius 1 is 1.71 bits per heavy atom. The number of carbonyl (C=O) groups excluding carboxylic acids is 1. The number of thiol groups is 1. The molecule has 6 heteroatoms. The molecule has 0 saturated carbocycles. The second-order valence-corrected chi connectivity index (χ2v) is 4.29. The van der Waals surface area contributed by atoms with Gasteiger partial charge >= 0.3 is 0 Å². The van der Waals surface area contributed by atoms with Crippen LogP contribution in [0.2, 0.25) is 0 Å². The van der Waals surface area contributed by atoms with Crippen LogP contribution in [0.5, 0.6) is 0 Å². The lowest BCUT2D eigenvalue weighted by Gasteiger charge is -2.23. The van der Waals surface area contributed by atoms with Gasteiger partial charge < -0.3 is 4.90 Å². The highest BCUT2D eigenvalue weighted by Crippen LogP contribution is 2.33. The van der Waals surface area contributed by atoms with Crippen LogP contribution in [0.1, 0.15) is 11.0 Å². The largest absolute Gasteiger partial charge is 0.328 e. The lowest BCUT2D eigenvalue weighted by molar-refractivity contribution is -0.103. The zero-order valence-electron chi connectivity index (χ0n) is 7.49. The van der Waals surface area contributed by atoms with Crippen LogP contribution < -0.4 is 0 Å². The molecule has 14 heavy (non-hydrogen) atoms. The van der Waals surface area contributed by atoms with Crippen LogP contribution >= 0.6 is 24.2 Å². The molecule has 1 aliphatic heterocycles. The van der Waals surface area contributed by atoms with Crippen LogP contribution in [-0.4, -0.2) is 28.5 Å². The molecule has 1 atom stereocenters. The van der Waals surface area contributed by atoms with E-state index in [1.807, 2.05) is 24.6 Å². The molecule has 74 valence electrons. The van der Waals surface area contributed by atoms with E-state index in [1.165, 1.54) is 4.41 Å². The maximum atomic E-state index is 10.6. The van der Waals surface area contributed by atoms with Gasteiger partial charge in [0.1, 0.15) is 0 Å². The van der Waals surface area contributed by atoms with Gasteiger partial charge in [0.25, 0.3) is 0 Å². The van der Waals surface area contributed by atoms with Gasteiger partial charge in [0.2, 0.25) is 0 Å². The maximum absolute atomic E-state index is 10.6. The van der Waals surface area contributed by atoms with Crippen molar-refractivity contribution >= 4 is 36.3 Å². The Labute approximate surface area is 91.4 Å². The van der Waals surface area contributed by atoms with Crippen molar-refractivity contribution in [3.63, 3.8) is 0 Å². The van der Waals surface area contributed by atoms with Crippen molar-refractivity contribution in [1.29, 1.82) is 0 Å². The molecule has 1 aromatic heterocycles. The summed E-state index contributed by atoms with van der Waals surface area (Å²) >= 11 is 5.82. The van der Waals surface area contributed by atoms with Crippen LogP contribution in [0.25, 0.3) is 0 Å². The summed E-state index contributed by atoms with van der Waals surface area (Å²) in [5.74, 6) is 0.401. The molecule has 0 amide bonds. The van der Waals surface area contributed by atoms with E-state index in [-0.39, 0.29) is 6.17 Å². The van der Waals surface area contributed by atoms with Crippen molar-refractivity contribution in [3.8, 4) is 0 Å². The quantitative estimate of drug-likeness (QED) is 0.612. The molecule has 1 aromatic rings. The van der Waals surface area contributed by atoms with Crippen LogP contribution in [0.3, 0.4) is 0 Å². The molecule has 1 unspecified atom stereocenters. The third-order valence-electron chi connectivity index (χ3n) is 2.05. The van der Waals surface area contributed by atoms with Crippen molar-refractivity contribution in [2.75, 3.05) is 7.05 Å². The SMILES string of the molecule is CN1C(C=O)=NN(S)C1c1cccs1. The monoisotopic (exact) mass is 227 g/mol. The number of hydrogen-bond acceptors (Lipinski definition) is 6. The topological polar surface area (TPSA) is 35.9 Å². The van der Waals surface area contributed by atoms with Crippen molar-refractivity contribution < 1.29 is 4.79 Å². The van der Waals surface area contributed by atoms with Gasteiger partial charge in [-0.05, 0) is 24.3 Å². The van der Waals surface area contributed by atoms with Crippen LogP contribution in [0.4, 0.5) is 0 Å². The highest BCUT2D eigenvalue weighted by atomic mass is 32.1. The number of thiophene rings is 1. The van der Waals surface area contributed by atoms with Crippen LogP contribution in [-0.2, 0) is 4.79 Å². The zero-order chi connectivity index (χ0) is 10.1. The highest BCUT2D eigenvalue weighted by molar-refractivity contribution is 7.77. The predicted octanol–water partition coefficient (Wildman–Crippen LogP) is 1.35. The molecule has 0 spiro atoms. The van der Waals surface area contributed by atoms with Gasteiger partial charge in [-0.2, -0.15) is 0 Å². The summed E-state index contributed by atoms with van der Waals surface area (Å²) in [5, 5.41) is 5.99. The third-order valence-corrected chi connectivity index (χ3v) is 3.28. The average molecular weight is 227 g/mol. The van der Waals surface area contributed by atoms with Crippen LogP contribution in [0, 0.1) is 0 Å². The highest BCUT2D eigenvalue weighted by Gasteiger charge is 2.31. The Hall–Kier alpha value is -1.01. The minimum Gasteiger partial charge on any atom is -0.328 e. The molecule has 0 aliphatic carbocycles. The number of hydrazone groups is 1. The zero-order valence-corrected chi connectivity index (χ0v) is 9.20. The Morgan fingerprint density at radius 3 is 3.00 bits per heavy atom. The fraction of sp³-hybridized carbons (Fsp3) is 0.250. The average Bonchev–Trinajstić information content (AvgIpc) is 2.74. The molecular weight excluding hydrogens is 218 g/mol. The first-order chi connectivity index (χ1) is 6.74. The number of likely N-dealkylation sites (N-methyl/N-ethyl adjacent to an activating group) is 1. The van der Waals surface area contributed by atoms with Crippen molar-refractivity contribution in [1.82, 2.24) is 9.31 Å². The Balaban J connectivity index is 2.28. The van der Waals surface area contributed by atoms with E-state index in [1.54, 1.807) is 16.2 Å². The summed E-state index contributed by atoms with van der Waals surface area (Å²) in [4.78, 5) is 13.6. The number of hydrogen-bond donors (Lipinski definition) is 1. The molecule has 0 aromatic carbocycles. The maximum Gasteiger partial charge on any atom is 0.191 e. The summed E-state index contributed by atoms with van der Waals surface area (Å²) in [6, 6.07) is 3.96. The number of rotatable bonds is 2. The third kappa shape index (κ3) is 1.40. The molecule has 0 bridgehead atoms. The first-order valence-electron chi connectivity index (χ1n) is 4.02. The van der Waals surface area contributed by atoms with Gasteiger partial charge in [0, 0.05) is 11.9 Å². The van der Waals surface area contributed by atoms with Crippen molar-refractivity contribution in [2.24, 2.45) is 5.10 Å². The van der Waals surface area contributed by atoms with E-state index in [9.17, 15) is 4.79 Å². The summed E-state index contributed by atoms with van der Waals surface area (Å²) < 4.78 is 1.50. The Morgan fingerprint density at radius 2 is 2.50 bits per heavy atom. The lowest BCUT2D eigenvalue weighted by Crippen LogP contribution is -2.29. The van der Waals surface area contributed by atoms with Crippen LogP contribution in [0.15, 0.2) is 22.6 Å². The minimum atomic E-state index is -0.0708. The summed E-state index contributed by atoms with van der Waals surface area (Å²) in [7, 11) is 1.83. The summed E-state index contributed by atoms with van der Waals surface area (Å²) in [6.07, 6.45) is 0.662. The first-order valence-corrected chi connectivity index (χ1v) is 5.30. The smallest absolute Gasteiger partial charge is 0.191 e. The number of carbonyl (C=O) groups is 1. The summed E-state index contributed by atoms with van der Waals surface area (Å²) in [5.41, 5.74) is 0. The van der Waals surface area contributed by atoms with E-state index >= 15 is 0 Å². The second-order valence-electron chi connectivity index (χ2n) is 2.90. The molecular formula is C8H9N3OS2. The normalized spacial score (nSPS) is 21.3. The van der Waals surface area contributed by atoms with E-state index in [0.29, 0.717) is 5.84 Å². The van der Waals surface area contributed by atoms with Gasteiger partial charge in [-0.3, -0.25) is 4.79 Å². The fourth-order valence-electron chi connectivity index (χ4n) is 1.36. The fourth-order valence-corrected chi connectivity index (χ4v) is 2.66. The Kier molecular flexibility index (Phi) is 2.47. The summed E-state index contributed by atoms with van der Waals surface area (Å²) in [6.45, 7) is 0. The van der Waals surface area contributed by atoms with E-state index in [0.717, 1.165) is 11.2 Å². The second kappa shape index (κ2) is 3.62. The van der Waals surface area contributed by atoms with Gasteiger partial charge in [0.05, 0.1) is 0 Å². The first kappa shape index (κ1) is 9.54. The standard InChI is InChI=1S/C8H9N3OS2/c1-10-7(5-12)9-11(13)8(10)6-3-2-4-14-6/h2-5,8,13H,1H3. The molecule has 2 rings (SSSR count). The molecule has 4 nitrogen and oxygen atoms in total. The van der Waals surface area contributed by atoms with E-state index < -0.39 is 0 Å². The molecule has 2 heterocycles. The van der Waals surface area contributed by atoms with E-state index in [2.05, 4.69) is 17.9 Å². The molecule has 1 aliphatic rings. The minimum absolute atomic E-state index is 0.0708. The van der Waals surface area contributed by atoms with E-state index in [4.69, 9.17) is 0 Å². The lowest BCUT2D eigenvalue weighted by atomic mass is 10.3. The Bertz CT molecular complexity index is 363. The predicted molar refractivity (Wildman–Crippen MR) is 59.1 cm³/mol. The number of nitrogens with zero attached hydrogens (tertiary/aromatic N) is 3. The van der Waals surface area contributed by atoms with Gasteiger partial charge in [-0.25, -0.2) is 4.41 Å².